The lowest BCUT2D eigenvalue weighted by Crippen LogP contribution is -3.00. The second kappa shape index (κ2) is 10.9. The van der Waals surface area contributed by atoms with E-state index in [9.17, 15) is 9.90 Å². The molecule has 1 aliphatic heterocycles. The van der Waals surface area contributed by atoms with Crippen LogP contribution < -0.4 is 17.1 Å². The van der Waals surface area contributed by atoms with Crippen LogP contribution in [-0.2, 0) is 9.53 Å². The summed E-state index contributed by atoms with van der Waals surface area (Å²) < 4.78 is 11.6. The highest BCUT2D eigenvalue weighted by atomic mass is 79.9. The Bertz CT molecular complexity index is 517. The summed E-state index contributed by atoms with van der Waals surface area (Å²) in [6.45, 7) is 4.50. The third-order valence-corrected chi connectivity index (χ3v) is 4.52. The molecule has 1 aromatic carbocycles. The van der Waals surface area contributed by atoms with Crippen LogP contribution >= 0.6 is 15.9 Å². The second-order valence-corrected chi connectivity index (χ2v) is 6.60. The molecule has 5 nitrogen and oxygen atoms in total. The van der Waals surface area contributed by atoms with Gasteiger partial charge in [0.1, 0.15) is 18.5 Å². The van der Waals surface area contributed by atoms with Crippen molar-refractivity contribution >= 4 is 21.9 Å². The van der Waals surface area contributed by atoms with E-state index >= 15 is 0 Å². The minimum atomic E-state index is -0.594. The van der Waals surface area contributed by atoms with Crippen LogP contribution in [0.25, 0.3) is 0 Å². The van der Waals surface area contributed by atoms with Gasteiger partial charge in [0.05, 0.1) is 17.0 Å². The Labute approximate surface area is 157 Å². The van der Waals surface area contributed by atoms with Crippen molar-refractivity contribution in [1.29, 1.82) is 0 Å². The molecule has 1 aromatic rings. The van der Waals surface area contributed by atoms with Gasteiger partial charge in [0.25, 0.3) is 0 Å². The van der Waals surface area contributed by atoms with Crippen molar-refractivity contribution in [3.05, 3.63) is 28.7 Å². The number of benzene rings is 1. The number of likely N-dealkylation sites (tertiary alicyclic amines) is 1. The van der Waals surface area contributed by atoms with Crippen LogP contribution in [0.2, 0.25) is 0 Å². The molecule has 1 aliphatic rings. The highest BCUT2D eigenvalue weighted by molar-refractivity contribution is 9.10. The summed E-state index contributed by atoms with van der Waals surface area (Å²) in [7, 11) is 0. The summed E-state index contributed by atoms with van der Waals surface area (Å²) in [6.07, 6.45) is 1.21. The maximum absolute atomic E-state index is 11.8. The van der Waals surface area contributed by atoms with Gasteiger partial charge >= 0.3 is 5.97 Å². The van der Waals surface area contributed by atoms with Crippen LogP contribution in [-0.4, -0.2) is 54.9 Å². The number of aliphatic hydroxyl groups excluding tert-OH is 1. The monoisotopic (exact) mass is 420 g/mol. The highest BCUT2D eigenvalue weighted by Gasteiger charge is 2.27. The van der Waals surface area contributed by atoms with Crippen molar-refractivity contribution in [3.8, 4) is 5.75 Å². The average Bonchev–Trinajstić information content (AvgIpc) is 2.54. The zero-order chi connectivity index (χ0) is 16.7. The van der Waals surface area contributed by atoms with Crippen molar-refractivity contribution in [2.24, 2.45) is 5.92 Å². The fraction of sp³-hybridized carbons (Fsp3) is 0.588. The Morgan fingerprint density at radius 3 is 2.92 bits per heavy atom. The number of ether oxygens (including phenoxy) is 2. The molecule has 1 saturated heterocycles. The second-order valence-electron chi connectivity index (χ2n) is 5.75. The Balaban J connectivity index is 0.00000288. The molecule has 1 N–H and O–H groups in total. The van der Waals surface area contributed by atoms with Gasteiger partial charge in [-0.3, -0.25) is 9.69 Å². The van der Waals surface area contributed by atoms with Gasteiger partial charge in [-0.25, -0.2) is 0 Å². The minimum absolute atomic E-state index is 0. The van der Waals surface area contributed by atoms with Crippen LogP contribution in [0.5, 0.6) is 5.75 Å². The molecular weight excluding hydrogens is 398 g/mol. The standard InChI is InChI=1S/C17H24BrNO4.ClH/c1-2-22-17(21)13-6-5-9-19(10-13)11-14(20)12-23-16-8-4-3-7-15(16)18;/h3-4,7-8,13-14,20H,2,5-6,9-12H2,1H3;1H/p-1. The van der Waals surface area contributed by atoms with Gasteiger partial charge in [-0.05, 0) is 54.4 Å². The number of carbonyl (C=O) groups excluding carboxylic acids is 1. The number of halogens is 2. The maximum atomic E-state index is 11.8. The number of β-amino-alcohol motifs (C(OH)–C–C–N with tert-alkyl or cyclic N) is 1. The Hall–Kier alpha value is -0.820. The molecular formula is C17H24BrClNO4-. The third kappa shape index (κ3) is 6.59. The van der Waals surface area contributed by atoms with E-state index in [1.54, 1.807) is 0 Å². The Morgan fingerprint density at radius 2 is 2.21 bits per heavy atom. The first-order chi connectivity index (χ1) is 11.1. The zero-order valence-electron chi connectivity index (χ0n) is 13.8. The van der Waals surface area contributed by atoms with Gasteiger partial charge < -0.3 is 27.0 Å². The van der Waals surface area contributed by atoms with Crippen LogP contribution in [0, 0.1) is 5.92 Å². The van der Waals surface area contributed by atoms with E-state index in [4.69, 9.17) is 9.47 Å². The normalized spacial score (nSPS) is 19.2. The van der Waals surface area contributed by atoms with Crippen LogP contribution in [0.15, 0.2) is 28.7 Å². The molecule has 0 radical (unpaired) electrons. The molecule has 0 aliphatic carbocycles. The van der Waals surface area contributed by atoms with Gasteiger partial charge in [-0.2, -0.15) is 0 Å². The number of hydrogen-bond donors (Lipinski definition) is 1. The predicted molar refractivity (Wildman–Crippen MR) is 91.4 cm³/mol. The maximum Gasteiger partial charge on any atom is 0.310 e. The van der Waals surface area contributed by atoms with E-state index in [0.717, 1.165) is 29.6 Å². The van der Waals surface area contributed by atoms with Gasteiger partial charge in [0.2, 0.25) is 0 Å². The first kappa shape index (κ1) is 21.2. The molecule has 7 heteroatoms. The lowest BCUT2D eigenvalue weighted by molar-refractivity contribution is -0.150. The molecule has 2 unspecified atom stereocenters. The Morgan fingerprint density at radius 1 is 1.46 bits per heavy atom. The molecule has 24 heavy (non-hydrogen) atoms. The summed E-state index contributed by atoms with van der Waals surface area (Å²) in [5.74, 6) is 0.505. The highest BCUT2D eigenvalue weighted by Crippen LogP contribution is 2.24. The molecule has 0 saturated carbocycles. The lowest BCUT2D eigenvalue weighted by Gasteiger charge is -2.32. The number of carbonyl (C=O) groups is 1. The summed E-state index contributed by atoms with van der Waals surface area (Å²) in [5.41, 5.74) is 0. The molecule has 0 spiro atoms. The molecule has 0 amide bonds. The van der Waals surface area contributed by atoms with Crippen LogP contribution in [0.1, 0.15) is 19.8 Å². The molecule has 1 fully saturated rings. The third-order valence-electron chi connectivity index (χ3n) is 3.86. The largest absolute Gasteiger partial charge is 1.00 e. The number of nitrogens with zero attached hydrogens (tertiary/aromatic N) is 1. The fourth-order valence-corrected chi connectivity index (χ4v) is 3.17. The first-order valence-electron chi connectivity index (χ1n) is 8.04. The first-order valence-corrected chi connectivity index (χ1v) is 8.83. The van der Waals surface area contributed by atoms with Crippen molar-refractivity contribution in [2.75, 3.05) is 32.8 Å². The molecule has 2 rings (SSSR count). The number of aliphatic hydroxyl groups is 1. The Kier molecular flexibility index (Phi) is 9.66. The van der Waals surface area contributed by atoms with Crippen LogP contribution in [0.3, 0.4) is 0 Å². The molecule has 2 atom stereocenters. The van der Waals surface area contributed by atoms with E-state index < -0.39 is 6.10 Å². The predicted octanol–water partition coefficient (Wildman–Crippen LogP) is -0.532. The van der Waals surface area contributed by atoms with E-state index in [1.807, 2.05) is 31.2 Å². The van der Waals surface area contributed by atoms with E-state index in [1.165, 1.54) is 0 Å². The molecule has 136 valence electrons. The van der Waals surface area contributed by atoms with Gasteiger partial charge in [0.15, 0.2) is 0 Å². The van der Waals surface area contributed by atoms with Crippen LogP contribution in [0.4, 0.5) is 0 Å². The van der Waals surface area contributed by atoms with E-state index in [0.29, 0.717) is 19.7 Å². The number of piperidine rings is 1. The van der Waals surface area contributed by atoms with E-state index in [-0.39, 0.29) is 30.9 Å². The molecule has 0 bridgehead atoms. The average molecular weight is 422 g/mol. The number of rotatable bonds is 7. The van der Waals surface area contributed by atoms with E-state index in [2.05, 4.69) is 20.8 Å². The van der Waals surface area contributed by atoms with Gasteiger partial charge in [-0.15, -0.1) is 0 Å². The van der Waals surface area contributed by atoms with Crippen molar-refractivity contribution in [1.82, 2.24) is 4.90 Å². The van der Waals surface area contributed by atoms with Crippen molar-refractivity contribution in [2.45, 2.75) is 25.9 Å². The summed E-state index contributed by atoms with van der Waals surface area (Å²) in [5, 5.41) is 10.2. The van der Waals surface area contributed by atoms with Crippen molar-refractivity contribution in [3.63, 3.8) is 0 Å². The quantitative estimate of drug-likeness (QED) is 0.600. The SMILES string of the molecule is CCOC(=O)C1CCCN(CC(O)COc2ccccc2Br)C1.[Cl-]. The smallest absolute Gasteiger partial charge is 0.310 e. The number of para-hydroxylation sites is 1. The molecule has 1 heterocycles. The number of hydrogen-bond acceptors (Lipinski definition) is 5. The van der Waals surface area contributed by atoms with Gasteiger partial charge in [-0.1, -0.05) is 12.1 Å². The fourth-order valence-electron chi connectivity index (χ4n) is 2.77. The summed E-state index contributed by atoms with van der Waals surface area (Å²) >= 11 is 3.41. The summed E-state index contributed by atoms with van der Waals surface area (Å²) in [4.78, 5) is 13.9. The van der Waals surface area contributed by atoms with Crippen molar-refractivity contribution < 1.29 is 31.8 Å². The number of esters is 1. The minimum Gasteiger partial charge on any atom is -1.00 e. The van der Waals surface area contributed by atoms with Gasteiger partial charge in [0, 0.05) is 13.1 Å². The summed E-state index contributed by atoms with van der Waals surface area (Å²) in [6, 6.07) is 7.56. The lowest BCUT2D eigenvalue weighted by atomic mass is 9.98. The zero-order valence-corrected chi connectivity index (χ0v) is 16.1. The molecule has 0 aromatic heterocycles. The topological polar surface area (TPSA) is 59.0 Å².